The van der Waals surface area contributed by atoms with Gasteiger partial charge in [-0.1, -0.05) is 18.2 Å². The topological polar surface area (TPSA) is 89.1 Å². The van der Waals surface area contributed by atoms with E-state index >= 15 is 0 Å². The standard InChI is InChI=1S/C21H25N3O5/c1-5-22-20(25)16-10-13-8-6-7-9-15(13)24(16)21(26)23-14-11-17(27-2)19(29-4)18(12-14)28-3/h6-9,11-12,16H,5,10H2,1-4H3,(H,22,25)(H,23,26). The van der Waals surface area contributed by atoms with E-state index in [0.717, 1.165) is 5.56 Å². The lowest BCUT2D eigenvalue weighted by Gasteiger charge is -2.25. The predicted molar refractivity (Wildman–Crippen MR) is 110 cm³/mol. The van der Waals surface area contributed by atoms with Gasteiger partial charge in [0.2, 0.25) is 11.7 Å². The van der Waals surface area contributed by atoms with Crippen molar-refractivity contribution < 1.29 is 23.8 Å². The first kappa shape index (κ1) is 20.3. The number of methoxy groups -OCH3 is 3. The third-order valence-corrected chi connectivity index (χ3v) is 4.76. The van der Waals surface area contributed by atoms with E-state index in [0.29, 0.717) is 41.6 Å². The summed E-state index contributed by atoms with van der Waals surface area (Å²) >= 11 is 0. The first-order valence-corrected chi connectivity index (χ1v) is 9.29. The van der Waals surface area contributed by atoms with Crippen molar-refractivity contribution in [3.63, 3.8) is 0 Å². The highest BCUT2D eigenvalue weighted by Crippen LogP contribution is 2.40. The van der Waals surface area contributed by atoms with Gasteiger partial charge in [-0.25, -0.2) is 4.79 Å². The summed E-state index contributed by atoms with van der Waals surface area (Å²) in [5.74, 6) is 1.08. The summed E-state index contributed by atoms with van der Waals surface area (Å²) in [6, 6.07) is 9.75. The fraction of sp³-hybridized carbons (Fsp3) is 0.333. The van der Waals surface area contributed by atoms with Crippen molar-refractivity contribution in [1.82, 2.24) is 5.32 Å². The Morgan fingerprint density at radius 3 is 2.31 bits per heavy atom. The minimum atomic E-state index is -0.616. The molecule has 2 aromatic carbocycles. The fourth-order valence-corrected chi connectivity index (χ4v) is 3.48. The lowest BCUT2D eigenvalue weighted by atomic mass is 10.1. The number of hydrogen-bond acceptors (Lipinski definition) is 5. The van der Waals surface area contributed by atoms with Crippen LogP contribution in [-0.2, 0) is 11.2 Å². The van der Waals surface area contributed by atoms with Gasteiger partial charge in [0.25, 0.3) is 0 Å². The highest BCUT2D eigenvalue weighted by Gasteiger charge is 2.38. The van der Waals surface area contributed by atoms with Crippen LogP contribution in [0, 0.1) is 0 Å². The van der Waals surface area contributed by atoms with Gasteiger partial charge in [-0.2, -0.15) is 0 Å². The van der Waals surface area contributed by atoms with Crippen LogP contribution in [0.4, 0.5) is 16.2 Å². The number of anilines is 2. The van der Waals surface area contributed by atoms with E-state index in [4.69, 9.17) is 14.2 Å². The summed E-state index contributed by atoms with van der Waals surface area (Å²) in [4.78, 5) is 27.2. The smallest absolute Gasteiger partial charge is 0.327 e. The van der Waals surface area contributed by atoms with Gasteiger partial charge >= 0.3 is 6.03 Å². The first-order valence-electron chi connectivity index (χ1n) is 9.29. The van der Waals surface area contributed by atoms with E-state index in [1.54, 1.807) is 12.1 Å². The molecule has 0 radical (unpaired) electrons. The van der Waals surface area contributed by atoms with E-state index in [9.17, 15) is 9.59 Å². The molecule has 0 fully saturated rings. The number of carbonyl (C=O) groups excluding carboxylic acids is 2. The Hall–Kier alpha value is -3.42. The van der Waals surface area contributed by atoms with E-state index < -0.39 is 12.1 Å². The SMILES string of the molecule is CCNC(=O)C1Cc2ccccc2N1C(=O)Nc1cc(OC)c(OC)c(OC)c1. The lowest BCUT2D eigenvalue weighted by Crippen LogP contribution is -2.49. The molecule has 154 valence electrons. The van der Waals surface area contributed by atoms with Crippen molar-refractivity contribution in [3.8, 4) is 17.2 Å². The van der Waals surface area contributed by atoms with Crippen molar-refractivity contribution in [2.24, 2.45) is 0 Å². The van der Waals surface area contributed by atoms with Crippen molar-refractivity contribution >= 4 is 23.3 Å². The maximum absolute atomic E-state index is 13.2. The van der Waals surface area contributed by atoms with Gasteiger partial charge in [0.15, 0.2) is 11.5 Å². The third kappa shape index (κ3) is 3.91. The molecule has 1 aliphatic heterocycles. The molecule has 0 aromatic heterocycles. The number of likely N-dealkylation sites (N-methyl/N-ethyl adjacent to an activating group) is 1. The molecule has 2 aromatic rings. The molecule has 2 N–H and O–H groups in total. The van der Waals surface area contributed by atoms with Gasteiger partial charge < -0.3 is 24.8 Å². The van der Waals surface area contributed by atoms with Gasteiger partial charge in [-0.05, 0) is 18.6 Å². The van der Waals surface area contributed by atoms with Crippen LogP contribution in [0.2, 0.25) is 0 Å². The maximum atomic E-state index is 13.2. The minimum absolute atomic E-state index is 0.191. The second-order valence-corrected chi connectivity index (χ2v) is 6.46. The van der Waals surface area contributed by atoms with Gasteiger partial charge in [-0.15, -0.1) is 0 Å². The van der Waals surface area contributed by atoms with Crippen molar-refractivity contribution in [1.29, 1.82) is 0 Å². The normalized spacial score (nSPS) is 14.8. The predicted octanol–water partition coefficient (Wildman–Crippen LogP) is 2.81. The molecule has 1 aliphatic rings. The molecule has 3 rings (SSSR count). The van der Waals surface area contributed by atoms with Crippen molar-refractivity contribution in [2.75, 3.05) is 38.1 Å². The molecular weight excluding hydrogens is 374 g/mol. The average molecular weight is 399 g/mol. The Kier molecular flexibility index (Phi) is 6.11. The zero-order valence-electron chi connectivity index (χ0n) is 16.9. The summed E-state index contributed by atoms with van der Waals surface area (Å²) in [5.41, 5.74) is 2.13. The number of carbonyl (C=O) groups is 2. The zero-order chi connectivity index (χ0) is 21.0. The number of fused-ring (bicyclic) bond motifs is 1. The molecule has 8 nitrogen and oxygen atoms in total. The number of rotatable bonds is 6. The third-order valence-electron chi connectivity index (χ3n) is 4.76. The second kappa shape index (κ2) is 8.72. The lowest BCUT2D eigenvalue weighted by molar-refractivity contribution is -0.122. The van der Waals surface area contributed by atoms with E-state index in [-0.39, 0.29) is 5.91 Å². The highest BCUT2D eigenvalue weighted by molar-refractivity contribution is 6.08. The monoisotopic (exact) mass is 399 g/mol. The van der Waals surface area contributed by atoms with Gasteiger partial charge in [-0.3, -0.25) is 9.69 Å². The van der Waals surface area contributed by atoms with Crippen LogP contribution in [0.15, 0.2) is 36.4 Å². The Labute approximate surface area is 169 Å². The minimum Gasteiger partial charge on any atom is -0.493 e. The Morgan fingerprint density at radius 1 is 1.07 bits per heavy atom. The van der Waals surface area contributed by atoms with Crippen molar-refractivity contribution in [2.45, 2.75) is 19.4 Å². The molecule has 1 heterocycles. The summed E-state index contributed by atoms with van der Waals surface area (Å²) < 4.78 is 16.0. The van der Waals surface area contributed by atoms with E-state index in [1.807, 2.05) is 31.2 Å². The number of hydrogen-bond donors (Lipinski definition) is 2. The van der Waals surface area contributed by atoms with Crippen LogP contribution in [0.5, 0.6) is 17.2 Å². The number of benzene rings is 2. The van der Waals surface area contributed by atoms with Crippen LogP contribution >= 0.6 is 0 Å². The molecule has 0 saturated heterocycles. The van der Waals surface area contributed by atoms with Crippen LogP contribution in [0.25, 0.3) is 0 Å². The quantitative estimate of drug-likeness (QED) is 0.780. The molecule has 1 atom stereocenters. The summed E-state index contributed by atoms with van der Waals surface area (Å²) in [5, 5.41) is 5.65. The molecular formula is C21H25N3O5. The Morgan fingerprint density at radius 2 is 1.72 bits per heavy atom. The molecule has 0 aliphatic carbocycles. The van der Waals surface area contributed by atoms with Gasteiger partial charge in [0, 0.05) is 30.8 Å². The average Bonchev–Trinajstić information content (AvgIpc) is 3.13. The first-order chi connectivity index (χ1) is 14.0. The zero-order valence-corrected chi connectivity index (χ0v) is 16.9. The number of para-hydroxylation sites is 1. The molecule has 3 amide bonds. The number of urea groups is 1. The van der Waals surface area contributed by atoms with Crippen LogP contribution in [0.3, 0.4) is 0 Å². The molecule has 8 heteroatoms. The molecule has 0 spiro atoms. The van der Waals surface area contributed by atoms with Gasteiger partial charge in [0.05, 0.1) is 27.0 Å². The molecule has 0 bridgehead atoms. The summed E-state index contributed by atoms with van der Waals surface area (Å²) in [6.07, 6.45) is 0.463. The molecule has 29 heavy (non-hydrogen) atoms. The summed E-state index contributed by atoms with van der Waals surface area (Å²) in [7, 11) is 4.52. The van der Waals surface area contributed by atoms with Crippen LogP contribution < -0.4 is 29.7 Å². The second-order valence-electron chi connectivity index (χ2n) is 6.46. The largest absolute Gasteiger partial charge is 0.493 e. The highest BCUT2D eigenvalue weighted by atomic mass is 16.5. The Bertz CT molecular complexity index is 890. The van der Waals surface area contributed by atoms with E-state index in [2.05, 4.69) is 10.6 Å². The van der Waals surface area contributed by atoms with Crippen LogP contribution in [0.1, 0.15) is 12.5 Å². The van der Waals surface area contributed by atoms with E-state index in [1.165, 1.54) is 26.2 Å². The van der Waals surface area contributed by atoms with Gasteiger partial charge in [0.1, 0.15) is 6.04 Å². The number of nitrogens with one attached hydrogen (secondary N) is 2. The summed E-state index contributed by atoms with van der Waals surface area (Å²) in [6.45, 7) is 2.34. The maximum Gasteiger partial charge on any atom is 0.327 e. The number of nitrogens with zero attached hydrogens (tertiary/aromatic N) is 1. The Balaban J connectivity index is 1.93. The molecule has 1 unspecified atom stereocenters. The van der Waals surface area contributed by atoms with Crippen LogP contribution in [-0.4, -0.2) is 45.9 Å². The number of amides is 3. The van der Waals surface area contributed by atoms with Crippen molar-refractivity contribution in [3.05, 3.63) is 42.0 Å². The fourth-order valence-electron chi connectivity index (χ4n) is 3.48. The molecule has 0 saturated carbocycles. The number of ether oxygens (including phenoxy) is 3.